The number of benzene rings is 1. The smallest absolute Gasteiger partial charge is 0.323 e. The molecule has 0 saturated carbocycles. The molecule has 19 heavy (non-hydrogen) atoms. The molecule has 0 spiro atoms. The van der Waals surface area contributed by atoms with Crippen LogP contribution in [0.1, 0.15) is 26.7 Å². The van der Waals surface area contributed by atoms with Gasteiger partial charge >= 0.3 is 5.97 Å². The lowest BCUT2D eigenvalue weighted by molar-refractivity contribution is -0.137. The Kier molecular flexibility index (Phi) is 5.06. The summed E-state index contributed by atoms with van der Waals surface area (Å²) in [6.07, 6.45) is 0.927. The molecule has 0 fully saturated rings. The highest BCUT2D eigenvalue weighted by atomic mass is 16.4. The monoisotopic (exact) mass is 264 g/mol. The maximum Gasteiger partial charge on any atom is 0.323 e. The van der Waals surface area contributed by atoms with Crippen molar-refractivity contribution in [3.63, 3.8) is 0 Å². The number of hydrogen-bond donors (Lipinski definition) is 2. The fourth-order valence-electron chi connectivity index (χ4n) is 1.84. The Morgan fingerprint density at radius 2 is 1.74 bits per heavy atom. The van der Waals surface area contributed by atoms with Gasteiger partial charge in [0.15, 0.2) is 0 Å². The molecule has 0 aliphatic heterocycles. The molecule has 0 aliphatic carbocycles. The van der Waals surface area contributed by atoms with E-state index < -0.39 is 11.5 Å². The van der Waals surface area contributed by atoms with E-state index in [-0.39, 0.29) is 12.5 Å². The zero-order valence-corrected chi connectivity index (χ0v) is 11.3. The maximum atomic E-state index is 12.5. The molecule has 1 rings (SSSR count). The second-order valence-electron chi connectivity index (χ2n) is 4.48. The van der Waals surface area contributed by atoms with Gasteiger partial charge in [0.25, 0.3) is 0 Å². The van der Waals surface area contributed by atoms with Gasteiger partial charge in [-0.15, -0.1) is 0 Å². The zero-order valence-electron chi connectivity index (χ0n) is 11.3. The molecule has 0 saturated heterocycles. The van der Waals surface area contributed by atoms with E-state index in [1.807, 2.05) is 19.9 Å². The molecule has 0 unspecified atom stereocenters. The molecule has 0 heterocycles. The van der Waals surface area contributed by atoms with Crippen LogP contribution < -0.4 is 10.6 Å². The number of rotatable bonds is 6. The van der Waals surface area contributed by atoms with Crippen molar-refractivity contribution in [1.29, 1.82) is 0 Å². The Morgan fingerprint density at radius 3 is 2.16 bits per heavy atom. The number of para-hydroxylation sites is 1. The summed E-state index contributed by atoms with van der Waals surface area (Å²) in [5.74, 6) is -1.42. The van der Waals surface area contributed by atoms with Gasteiger partial charge in [-0.05, 0) is 25.0 Å². The van der Waals surface area contributed by atoms with Gasteiger partial charge in [0.1, 0.15) is 6.54 Å². The van der Waals surface area contributed by atoms with Crippen molar-refractivity contribution >= 4 is 17.6 Å². The summed E-state index contributed by atoms with van der Waals surface area (Å²) >= 11 is 0. The molecular formula is C14H20N2O3. The predicted molar refractivity (Wildman–Crippen MR) is 73.9 cm³/mol. The minimum absolute atomic E-state index is 0.355. The third-order valence-corrected chi connectivity index (χ3v) is 3.29. The number of hydrogen-bond acceptors (Lipinski definition) is 3. The molecule has 0 aliphatic rings. The lowest BCUT2D eigenvalue weighted by Gasteiger charge is -2.32. The van der Waals surface area contributed by atoms with Crippen LogP contribution in [0.25, 0.3) is 0 Å². The molecule has 5 heteroatoms. The highest BCUT2D eigenvalue weighted by molar-refractivity contribution is 6.02. The van der Waals surface area contributed by atoms with E-state index in [4.69, 9.17) is 10.8 Å². The Labute approximate surface area is 113 Å². The normalized spacial score (nSPS) is 11.1. The van der Waals surface area contributed by atoms with E-state index in [9.17, 15) is 9.59 Å². The Hall–Kier alpha value is -1.88. The highest BCUT2D eigenvalue weighted by Crippen LogP contribution is 2.21. The van der Waals surface area contributed by atoms with Crippen molar-refractivity contribution in [2.24, 2.45) is 5.73 Å². The second-order valence-corrected chi connectivity index (χ2v) is 4.48. The van der Waals surface area contributed by atoms with Crippen LogP contribution in [0, 0.1) is 0 Å². The van der Waals surface area contributed by atoms with Crippen LogP contribution in [0.2, 0.25) is 0 Å². The average Bonchev–Trinajstić information content (AvgIpc) is 2.44. The summed E-state index contributed by atoms with van der Waals surface area (Å²) in [4.78, 5) is 24.7. The molecule has 0 aromatic heterocycles. The van der Waals surface area contributed by atoms with E-state index in [0.29, 0.717) is 18.5 Å². The summed E-state index contributed by atoms with van der Waals surface area (Å²) in [5.41, 5.74) is 5.60. The average molecular weight is 264 g/mol. The van der Waals surface area contributed by atoms with Gasteiger partial charge in [0.2, 0.25) is 5.91 Å². The van der Waals surface area contributed by atoms with Crippen LogP contribution in [0.3, 0.4) is 0 Å². The summed E-state index contributed by atoms with van der Waals surface area (Å²) < 4.78 is 0. The molecule has 1 aromatic carbocycles. The molecule has 1 amide bonds. The number of nitrogens with two attached hydrogens (primary N) is 1. The number of carbonyl (C=O) groups excluding carboxylic acids is 1. The van der Waals surface area contributed by atoms with E-state index in [1.54, 1.807) is 24.3 Å². The van der Waals surface area contributed by atoms with Crippen molar-refractivity contribution in [3.8, 4) is 0 Å². The fraction of sp³-hybridized carbons (Fsp3) is 0.429. The number of amides is 1. The Balaban J connectivity index is 3.11. The molecule has 5 nitrogen and oxygen atoms in total. The van der Waals surface area contributed by atoms with E-state index in [0.717, 1.165) is 0 Å². The van der Waals surface area contributed by atoms with Gasteiger partial charge in [0.05, 0.1) is 5.54 Å². The quantitative estimate of drug-likeness (QED) is 0.817. The SMILES string of the molecule is CCC(N)(CC)C(=O)N(CC(=O)O)c1ccccc1. The zero-order chi connectivity index (χ0) is 14.5. The summed E-state index contributed by atoms with van der Waals surface area (Å²) in [5, 5.41) is 8.97. The molecule has 0 radical (unpaired) electrons. The summed E-state index contributed by atoms with van der Waals surface area (Å²) in [6.45, 7) is 3.26. The van der Waals surface area contributed by atoms with Crippen molar-refractivity contribution < 1.29 is 14.7 Å². The number of anilines is 1. The number of carbonyl (C=O) groups is 2. The number of carboxylic acid groups (broad SMARTS) is 1. The molecular weight excluding hydrogens is 244 g/mol. The lowest BCUT2D eigenvalue weighted by Crippen LogP contribution is -2.56. The van der Waals surface area contributed by atoms with E-state index in [2.05, 4.69) is 0 Å². The molecule has 104 valence electrons. The summed E-state index contributed by atoms with van der Waals surface area (Å²) in [6, 6.07) is 8.72. The first-order valence-corrected chi connectivity index (χ1v) is 6.32. The number of carboxylic acids is 1. The Bertz CT molecular complexity index is 441. The largest absolute Gasteiger partial charge is 0.480 e. The van der Waals surface area contributed by atoms with Crippen molar-refractivity contribution in [3.05, 3.63) is 30.3 Å². The third-order valence-electron chi connectivity index (χ3n) is 3.29. The van der Waals surface area contributed by atoms with E-state index in [1.165, 1.54) is 4.90 Å². The topological polar surface area (TPSA) is 83.6 Å². The first kappa shape index (κ1) is 15.2. The fourth-order valence-corrected chi connectivity index (χ4v) is 1.84. The van der Waals surface area contributed by atoms with Gasteiger partial charge in [-0.25, -0.2) is 0 Å². The van der Waals surface area contributed by atoms with Crippen molar-refractivity contribution in [1.82, 2.24) is 0 Å². The molecule has 0 atom stereocenters. The van der Waals surface area contributed by atoms with Gasteiger partial charge in [-0.1, -0.05) is 32.0 Å². The van der Waals surface area contributed by atoms with Gasteiger partial charge in [-0.2, -0.15) is 0 Å². The molecule has 1 aromatic rings. The van der Waals surface area contributed by atoms with Gasteiger partial charge < -0.3 is 10.8 Å². The van der Waals surface area contributed by atoms with Crippen LogP contribution in [0.5, 0.6) is 0 Å². The van der Waals surface area contributed by atoms with Crippen LogP contribution in [-0.2, 0) is 9.59 Å². The van der Waals surface area contributed by atoms with Crippen LogP contribution in [0.15, 0.2) is 30.3 Å². The number of aliphatic carboxylic acids is 1. The van der Waals surface area contributed by atoms with Crippen LogP contribution in [-0.4, -0.2) is 29.1 Å². The predicted octanol–water partition coefficient (Wildman–Crippen LogP) is 1.62. The van der Waals surface area contributed by atoms with Gasteiger partial charge in [-0.3, -0.25) is 14.5 Å². The molecule has 3 N–H and O–H groups in total. The lowest BCUT2D eigenvalue weighted by atomic mass is 9.92. The Morgan fingerprint density at radius 1 is 1.21 bits per heavy atom. The maximum absolute atomic E-state index is 12.5. The van der Waals surface area contributed by atoms with Crippen molar-refractivity contribution in [2.75, 3.05) is 11.4 Å². The minimum Gasteiger partial charge on any atom is -0.480 e. The summed E-state index contributed by atoms with van der Waals surface area (Å²) in [7, 11) is 0. The molecule has 0 bridgehead atoms. The minimum atomic E-state index is -1.06. The standard InChI is InChI=1S/C14H20N2O3/c1-3-14(15,4-2)13(19)16(10-12(17)18)11-8-6-5-7-9-11/h5-9H,3-4,10,15H2,1-2H3,(H,17,18). The van der Waals surface area contributed by atoms with E-state index >= 15 is 0 Å². The second kappa shape index (κ2) is 6.33. The first-order chi connectivity index (χ1) is 8.94. The first-order valence-electron chi connectivity index (χ1n) is 6.32. The van der Waals surface area contributed by atoms with Crippen molar-refractivity contribution in [2.45, 2.75) is 32.2 Å². The van der Waals surface area contributed by atoms with Gasteiger partial charge in [0, 0.05) is 5.69 Å². The number of nitrogens with zero attached hydrogens (tertiary/aromatic N) is 1. The third kappa shape index (κ3) is 3.54. The highest BCUT2D eigenvalue weighted by Gasteiger charge is 2.35. The van der Waals surface area contributed by atoms with Crippen LogP contribution in [0.4, 0.5) is 5.69 Å². The van der Waals surface area contributed by atoms with Crippen LogP contribution >= 0.6 is 0 Å².